The van der Waals surface area contributed by atoms with Crippen molar-refractivity contribution in [2.45, 2.75) is 11.1 Å². The lowest BCUT2D eigenvalue weighted by Crippen LogP contribution is -2.81. The van der Waals surface area contributed by atoms with Gasteiger partial charge in [-0.15, -0.1) is 23.4 Å². The second kappa shape index (κ2) is 7.79. The van der Waals surface area contributed by atoms with Crippen molar-refractivity contribution >= 4 is 41.1 Å². The van der Waals surface area contributed by atoms with Gasteiger partial charge in [-0.2, -0.15) is 0 Å². The number of β-lactam (4-membered cyclic amide) rings is 1. The fourth-order valence-corrected chi connectivity index (χ4v) is 4.73. The minimum atomic E-state index is -1.64. The molecule has 2 heterocycles. The molecule has 1 aromatic rings. The fraction of sp³-hybridized carbons (Fsp3) is 0.353. The van der Waals surface area contributed by atoms with Crippen LogP contribution in [0.4, 0.5) is 0 Å². The third-order valence-electron chi connectivity index (χ3n) is 4.23. The number of hydrogen-bond donors (Lipinski definition) is 2. The van der Waals surface area contributed by atoms with Crippen LogP contribution in [0.25, 0.3) is 0 Å². The number of alkyl halides is 1. The van der Waals surface area contributed by atoms with Gasteiger partial charge in [0.25, 0.3) is 17.5 Å². The van der Waals surface area contributed by atoms with Gasteiger partial charge in [-0.1, -0.05) is 18.2 Å². The predicted molar refractivity (Wildman–Crippen MR) is 98.3 cm³/mol. The van der Waals surface area contributed by atoms with Gasteiger partial charge >= 0.3 is 5.97 Å². The van der Waals surface area contributed by atoms with Gasteiger partial charge in [0.2, 0.25) is 0 Å². The van der Waals surface area contributed by atoms with Crippen molar-refractivity contribution in [2.75, 3.05) is 25.3 Å². The van der Waals surface area contributed by atoms with E-state index in [0.29, 0.717) is 17.1 Å². The average molecular weight is 413 g/mol. The van der Waals surface area contributed by atoms with Crippen molar-refractivity contribution < 1.29 is 29.0 Å². The molecule has 2 aliphatic heterocycles. The summed E-state index contributed by atoms with van der Waals surface area (Å²) in [5, 5.41) is 11.3. The van der Waals surface area contributed by atoms with Crippen LogP contribution < -0.4 is 10.1 Å². The van der Waals surface area contributed by atoms with Gasteiger partial charge in [0.05, 0.1) is 0 Å². The summed E-state index contributed by atoms with van der Waals surface area (Å²) < 4.78 is 10.7. The molecule has 2 N–H and O–H groups in total. The second-order valence-corrected chi connectivity index (χ2v) is 7.15. The number of benzene rings is 1. The molecule has 2 aliphatic rings. The van der Waals surface area contributed by atoms with Crippen LogP contribution in [-0.4, -0.2) is 64.2 Å². The van der Waals surface area contributed by atoms with E-state index < -0.39 is 28.9 Å². The molecule has 2 atom stereocenters. The number of ether oxygens (including phenoxy) is 2. The van der Waals surface area contributed by atoms with Crippen LogP contribution >= 0.6 is 23.4 Å². The first kappa shape index (κ1) is 19.5. The number of nitrogens with zero attached hydrogens (tertiary/aromatic N) is 1. The normalized spacial score (nSPS) is 24.1. The summed E-state index contributed by atoms with van der Waals surface area (Å²) >= 11 is 7.08. The number of carbonyl (C=O) groups is 3. The lowest BCUT2D eigenvalue weighted by atomic mass is 9.98. The van der Waals surface area contributed by atoms with Crippen molar-refractivity contribution in [2.24, 2.45) is 0 Å². The van der Waals surface area contributed by atoms with Gasteiger partial charge in [0, 0.05) is 18.7 Å². The highest BCUT2D eigenvalue weighted by Crippen LogP contribution is 2.46. The zero-order valence-corrected chi connectivity index (χ0v) is 15.9. The molecule has 0 radical (unpaired) electrons. The molecule has 1 unspecified atom stereocenters. The Hall–Kier alpha value is -2.23. The van der Waals surface area contributed by atoms with Gasteiger partial charge in [0.1, 0.15) is 16.8 Å². The molecule has 1 aromatic carbocycles. The minimum Gasteiger partial charge on any atom is -0.484 e. The van der Waals surface area contributed by atoms with E-state index in [2.05, 4.69) is 5.32 Å². The Morgan fingerprint density at radius 3 is 2.70 bits per heavy atom. The minimum absolute atomic E-state index is 0.00237. The molecule has 2 amide bonds. The first-order chi connectivity index (χ1) is 12.9. The van der Waals surface area contributed by atoms with Crippen molar-refractivity contribution in [3.05, 3.63) is 41.6 Å². The smallest absolute Gasteiger partial charge is 0.352 e. The average Bonchev–Trinajstić information content (AvgIpc) is 2.69. The molecular formula is C17H17ClN2O6S. The van der Waals surface area contributed by atoms with E-state index in [4.69, 9.17) is 21.1 Å². The zero-order valence-electron chi connectivity index (χ0n) is 14.3. The summed E-state index contributed by atoms with van der Waals surface area (Å²) in [5.74, 6) is -1.62. The van der Waals surface area contributed by atoms with Gasteiger partial charge in [-0.3, -0.25) is 14.5 Å². The SMILES string of the molecule is COC1(NC(=O)COc2ccccc2)C(=O)N2C(C(=O)O)=C(CCl)CS[C@@H]21. The quantitative estimate of drug-likeness (QED) is 0.391. The highest BCUT2D eigenvalue weighted by molar-refractivity contribution is 8.00. The number of rotatable bonds is 7. The summed E-state index contributed by atoms with van der Waals surface area (Å²) in [6.45, 7) is -0.311. The Morgan fingerprint density at radius 1 is 1.41 bits per heavy atom. The van der Waals surface area contributed by atoms with Crippen molar-refractivity contribution in [3.8, 4) is 5.75 Å². The number of thioether (sulfide) groups is 1. The van der Waals surface area contributed by atoms with Crippen LogP contribution in [0.5, 0.6) is 5.75 Å². The second-order valence-electron chi connectivity index (χ2n) is 5.82. The van der Waals surface area contributed by atoms with E-state index in [0.717, 1.165) is 4.90 Å². The summed E-state index contributed by atoms with van der Waals surface area (Å²) in [6.07, 6.45) is 0. The van der Waals surface area contributed by atoms with E-state index in [1.54, 1.807) is 24.3 Å². The number of fused-ring (bicyclic) bond motifs is 1. The fourth-order valence-electron chi connectivity index (χ4n) is 2.95. The number of nitrogens with one attached hydrogen (secondary N) is 1. The van der Waals surface area contributed by atoms with E-state index in [1.165, 1.54) is 18.9 Å². The van der Waals surface area contributed by atoms with Gasteiger partial charge in [-0.25, -0.2) is 4.79 Å². The molecule has 0 spiro atoms. The molecule has 1 saturated heterocycles. The van der Waals surface area contributed by atoms with Crippen LogP contribution in [0.2, 0.25) is 0 Å². The monoisotopic (exact) mass is 412 g/mol. The molecule has 0 bridgehead atoms. The van der Waals surface area contributed by atoms with Crippen LogP contribution in [-0.2, 0) is 19.1 Å². The number of halogens is 1. The summed E-state index contributed by atoms with van der Waals surface area (Å²) in [5.41, 5.74) is -1.34. The van der Waals surface area contributed by atoms with E-state index in [9.17, 15) is 19.5 Å². The highest BCUT2D eigenvalue weighted by Gasteiger charge is 2.66. The molecule has 144 valence electrons. The molecular weight excluding hydrogens is 396 g/mol. The number of hydrogen-bond acceptors (Lipinski definition) is 6. The number of amides is 2. The van der Waals surface area contributed by atoms with Crippen LogP contribution in [0, 0.1) is 0 Å². The lowest BCUT2D eigenvalue weighted by molar-refractivity contribution is -0.192. The molecule has 0 saturated carbocycles. The third kappa shape index (κ3) is 3.38. The summed E-state index contributed by atoms with van der Waals surface area (Å²) in [6, 6.07) is 8.75. The Kier molecular flexibility index (Phi) is 5.64. The first-order valence-corrected chi connectivity index (χ1v) is 9.53. The first-order valence-electron chi connectivity index (χ1n) is 7.95. The molecule has 27 heavy (non-hydrogen) atoms. The largest absolute Gasteiger partial charge is 0.484 e. The van der Waals surface area contributed by atoms with Gasteiger partial charge in [0.15, 0.2) is 6.61 Å². The Morgan fingerprint density at radius 2 is 2.11 bits per heavy atom. The maximum Gasteiger partial charge on any atom is 0.352 e. The topological polar surface area (TPSA) is 105 Å². The molecule has 1 fully saturated rings. The summed E-state index contributed by atoms with van der Waals surface area (Å²) in [4.78, 5) is 37.7. The number of carboxylic acid groups (broad SMARTS) is 1. The van der Waals surface area contributed by atoms with Crippen molar-refractivity contribution in [3.63, 3.8) is 0 Å². The van der Waals surface area contributed by atoms with E-state index >= 15 is 0 Å². The molecule has 3 rings (SSSR count). The predicted octanol–water partition coefficient (Wildman–Crippen LogP) is 1.02. The number of carboxylic acids is 1. The van der Waals surface area contributed by atoms with Crippen LogP contribution in [0.3, 0.4) is 0 Å². The van der Waals surface area contributed by atoms with E-state index in [1.807, 2.05) is 6.07 Å². The standard InChI is InChI=1S/C17H17ClN2O6S/c1-25-17(19-12(21)8-26-11-5-3-2-4-6-11)15(24)20-13(14(22)23)10(7-18)9-27-16(17)20/h2-6,16H,7-9H2,1H3,(H,19,21)(H,22,23)/t16-,17?/m1/s1. The maximum atomic E-state index is 12.7. The number of para-hydroxylation sites is 1. The van der Waals surface area contributed by atoms with Crippen molar-refractivity contribution in [1.82, 2.24) is 10.2 Å². The molecule has 8 nitrogen and oxygen atoms in total. The molecule has 0 aromatic heterocycles. The zero-order chi connectivity index (χ0) is 19.6. The number of aliphatic carboxylic acids is 1. The Bertz CT molecular complexity index is 802. The Labute approximate surface area is 164 Å². The highest BCUT2D eigenvalue weighted by atomic mass is 35.5. The van der Waals surface area contributed by atoms with E-state index in [-0.39, 0.29) is 18.2 Å². The van der Waals surface area contributed by atoms with Crippen LogP contribution in [0.15, 0.2) is 41.6 Å². The van der Waals surface area contributed by atoms with Crippen molar-refractivity contribution in [1.29, 1.82) is 0 Å². The van der Waals surface area contributed by atoms with Gasteiger partial charge < -0.3 is 19.9 Å². The Balaban J connectivity index is 1.73. The number of carbonyl (C=O) groups excluding carboxylic acids is 2. The number of methoxy groups -OCH3 is 1. The lowest BCUT2D eigenvalue weighted by Gasteiger charge is -2.55. The third-order valence-corrected chi connectivity index (χ3v) is 5.93. The molecule has 0 aliphatic carbocycles. The maximum absolute atomic E-state index is 12.7. The molecule has 10 heteroatoms. The summed E-state index contributed by atoms with van der Waals surface area (Å²) in [7, 11) is 1.29. The van der Waals surface area contributed by atoms with Gasteiger partial charge in [-0.05, 0) is 17.7 Å². The van der Waals surface area contributed by atoms with Crippen LogP contribution in [0.1, 0.15) is 0 Å².